The zero-order valence-electron chi connectivity index (χ0n) is 15.8. The van der Waals surface area contributed by atoms with Crippen LogP contribution in [-0.4, -0.2) is 35.4 Å². The molecule has 0 aromatic heterocycles. The molecule has 0 aromatic rings. The Morgan fingerprint density at radius 3 is 2.48 bits per heavy atom. The molecule has 4 fully saturated rings. The van der Waals surface area contributed by atoms with Gasteiger partial charge in [-0.3, -0.25) is 10.1 Å². The van der Waals surface area contributed by atoms with Crippen LogP contribution in [0.25, 0.3) is 0 Å². The van der Waals surface area contributed by atoms with E-state index >= 15 is 0 Å². The smallest absolute Gasteiger partial charge is 0.218 e. The van der Waals surface area contributed by atoms with Gasteiger partial charge in [-0.05, 0) is 74.0 Å². The molecule has 0 aromatic carbocycles. The molecule has 0 radical (unpaired) electrons. The number of nitro groups is 1. The molecule has 9 atom stereocenters. The highest BCUT2D eigenvalue weighted by Gasteiger charge is 2.63. The average Bonchev–Trinajstić information content (AvgIpc) is 2.92. The van der Waals surface area contributed by atoms with Gasteiger partial charge in [0.2, 0.25) is 6.04 Å². The van der Waals surface area contributed by atoms with Crippen LogP contribution in [0.3, 0.4) is 0 Å². The van der Waals surface area contributed by atoms with Crippen LogP contribution >= 0.6 is 0 Å². The van der Waals surface area contributed by atoms with Gasteiger partial charge in [-0.25, -0.2) is 0 Å². The fraction of sp³-hybridized carbons (Fsp3) is 1.00. The number of aliphatic hydroxyl groups is 1. The van der Waals surface area contributed by atoms with Gasteiger partial charge in [-0.2, -0.15) is 0 Å². The Morgan fingerprint density at radius 1 is 1.08 bits per heavy atom. The summed E-state index contributed by atoms with van der Waals surface area (Å²) in [6.45, 7) is 4.63. The third-order valence-corrected chi connectivity index (χ3v) is 9.17. The summed E-state index contributed by atoms with van der Waals surface area (Å²) in [5, 5.41) is 22.0. The van der Waals surface area contributed by atoms with E-state index in [4.69, 9.17) is 4.74 Å². The van der Waals surface area contributed by atoms with Gasteiger partial charge in [0, 0.05) is 23.9 Å². The summed E-state index contributed by atoms with van der Waals surface area (Å²) in [7, 11) is 1.72. The van der Waals surface area contributed by atoms with Crippen molar-refractivity contribution in [3.05, 3.63) is 10.1 Å². The van der Waals surface area contributed by atoms with Crippen LogP contribution in [0.1, 0.15) is 65.2 Å². The standard InChI is InChI=1S/C20H33NO4/c1-19-9-8-15-13(14(19)6-7-18(19)21(23)24)5-4-12-10-16(22)17(25-3)11-20(12,15)2/h12-18,22H,4-11H2,1-3H3/t12-,13-,14-,15-,16-,17-,18-,19-,20-/m0/s1. The number of aliphatic hydroxyl groups excluding tert-OH is 1. The van der Waals surface area contributed by atoms with E-state index in [1.165, 1.54) is 12.8 Å². The van der Waals surface area contributed by atoms with Crippen molar-refractivity contribution in [2.75, 3.05) is 7.11 Å². The number of methoxy groups -OCH3 is 1. The van der Waals surface area contributed by atoms with Gasteiger partial charge in [-0.15, -0.1) is 0 Å². The molecule has 4 aliphatic rings. The average molecular weight is 351 g/mol. The molecule has 0 amide bonds. The third kappa shape index (κ3) is 2.41. The van der Waals surface area contributed by atoms with E-state index in [0.29, 0.717) is 23.7 Å². The van der Waals surface area contributed by atoms with Crippen molar-refractivity contribution in [3.8, 4) is 0 Å². The molecule has 0 aliphatic heterocycles. The normalized spacial score (nSPS) is 55.1. The van der Waals surface area contributed by atoms with Crippen LogP contribution in [0.15, 0.2) is 0 Å². The van der Waals surface area contributed by atoms with E-state index < -0.39 is 0 Å². The molecular weight excluding hydrogens is 318 g/mol. The summed E-state index contributed by atoms with van der Waals surface area (Å²) >= 11 is 0. The Labute approximate surface area is 150 Å². The van der Waals surface area contributed by atoms with Crippen molar-refractivity contribution < 1.29 is 14.8 Å². The van der Waals surface area contributed by atoms with Crippen LogP contribution < -0.4 is 0 Å². The second-order valence-corrected chi connectivity index (χ2v) is 9.86. The van der Waals surface area contributed by atoms with Crippen LogP contribution in [0, 0.1) is 44.6 Å². The lowest BCUT2D eigenvalue weighted by Crippen LogP contribution is -2.57. The van der Waals surface area contributed by atoms with Crippen LogP contribution in [-0.2, 0) is 4.74 Å². The SMILES string of the molecule is CO[C@H]1C[C@@]2(C)[C@@H](CC[C@@H]3[C@@H]2CC[C@]2(C)[C@@H]([N+](=O)[O-])CC[C@@H]32)C[C@@H]1O. The fourth-order valence-electron chi connectivity index (χ4n) is 7.81. The zero-order valence-corrected chi connectivity index (χ0v) is 15.8. The van der Waals surface area contributed by atoms with Crippen molar-refractivity contribution in [2.24, 2.45) is 34.5 Å². The van der Waals surface area contributed by atoms with Crippen LogP contribution in [0.2, 0.25) is 0 Å². The first-order chi connectivity index (χ1) is 11.8. The topological polar surface area (TPSA) is 72.6 Å². The molecule has 1 N–H and O–H groups in total. The first-order valence-corrected chi connectivity index (χ1v) is 10.2. The molecule has 5 heteroatoms. The van der Waals surface area contributed by atoms with E-state index in [1.54, 1.807) is 7.11 Å². The Kier molecular flexibility index (Phi) is 4.19. The molecule has 142 valence electrons. The Hall–Kier alpha value is -0.680. The molecule has 4 rings (SSSR count). The van der Waals surface area contributed by atoms with Crippen molar-refractivity contribution in [3.63, 3.8) is 0 Å². The molecule has 0 bridgehead atoms. The Morgan fingerprint density at radius 2 is 1.80 bits per heavy atom. The number of hydrogen-bond acceptors (Lipinski definition) is 4. The molecule has 0 unspecified atom stereocenters. The molecule has 25 heavy (non-hydrogen) atoms. The van der Waals surface area contributed by atoms with Gasteiger partial charge in [0.25, 0.3) is 0 Å². The Balaban J connectivity index is 1.62. The van der Waals surface area contributed by atoms with Gasteiger partial charge in [0.05, 0.1) is 12.2 Å². The van der Waals surface area contributed by atoms with Crippen molar-refractivity contribution >= 4 is 0 Å². The van der Waals surface area contributed by atoms with Crippen molar-refractivity contribution in [1.82, 2.24) is 0 Å². The lowest BCUT2D eigenvalue weighted by molar-refractivity contribution is -0.540. The number of rotatable bonds is 2. The van der Waals surface area contributed by atoms with Gasteiger partial charge in [0.15, 0.2) is 0 Å². The predicted octanol–water partition coefficient (Wildman–Crippen LogP) is 3.66. The fourth-order valence-corrected chi connectivity index (χ4v) is 7.81. The largest absolute Gasteiger partial charge is 0.390 e. The molecule has 0 spiro atoms. The van der Waals surface area contributed by atoms with Gasteiger partial charge in [0.1, 0.15) is 0 Å². The maximum atomic E-state index is 11.6. The predicted molar refractivity (Wildman–Crippen MR) is 94.7 cm³/mol. The van der Waals surface area contributed by atoms with E-state index in [2.05, 4.69) is 13.8 Å². The van der Waals surface area contributed by atoms with E-state index in [9.17, 15) is 15.2 Å². The first-order valence-electron chi connectivity index (χ1n) is 10.2. The second-order valence-electron chi connectivity index (χ2n) is 9.86. The van der Waals surface area contributed by atoms with Crippen molar-refractivity contribution in [2.45, 2.75) is 83.5 Å². The summed E-state index contributed by atoms with van der Waals surface area (Å²) in [4.78, 5) is 11.6. The highest BCUT2D eigenvalue weighted by molar-refractivity contribution is 5.10. The van der Waals surface area contributed by atoms with E-state index in [1.807, 2.05) is 0 Å². The van der Waals surface area contributed by atoms with Gasteiger partial charge in [-0.1, -0.05) is 13.8 Å². The summed E-state index contributed by atoms with van der Waals surface area (Å²) in [5.41, 5.74) is 0.111. The highest BCUT2D eigenvalue weighted by Crippen LogP contribution is 2.66. The number of ether oxygens (including phenoxy) is 1. The quantitative estimate of drug-likeness (QED) is 0.609. The molecule has 4 saturated carbocycles. The first kappa shape index (κ1) is 17.7. The molecule has 0 saturated heterocycles. The maximum absolute atomic E-state index is 11.6. The van der Waals surface area contributed by atoms with Crippen molar-refractivity contribution in [1.29, 1.82) is 0 Å². The minimum atomic E-state index is -0.344. The summed E-state index contributed by atoms with van der Waals surface area (Å²) < 4.78 is 5.61. The molecule has 4 aliphatic carbocycles. The van der Waals surface area contributed by atoms with E-state index in [-0.39, 0.29) is 34.0 Å². The molecule has 5 nitrogen and oxygen atoms in total. The number of hydrogen-bond donors (Lipinski definition) is 1. The monoisotopic (exact) mass is 351 g/mol. The highest BCUT2D eigenvalue weighted by atomic mass is 16.6. The maximum Gasteiger partial charge on any atom is 0.218 e. The minimum absolute atomic E-state index is 0.00555. The summed E-state index contributed by atoms with van der Waals surface area (Å²) in [5.74, 6) is 2.34. The Bertz CT molecular complexity index is 554. The van der Waals surface area contributed by atoms with Gasteiger partial charge < -0.3 is 9.84 Å². The van der Waals surface area contributed by atoms with Gasteiger partial charge >= 0.3 is 0 Å². The molecule has 0 heterocycles. The molecular formula is C20H33NO4. The lowest BCUT2D eigenvalue weighted by atomic mass is 9.44. The van der Waals surface area contributed by atoms with Crippen LogP contribution in [0.4, 0.5) is 0 Å². The third-order valence-electron chi connectivity index (χ3n) is 9.17. The van der Waals surface area contributed by atoms with E-state index in [0.717, 1.165) is 38.5 Å². The number of nitrogens with zero attached hydrogens (tertiary/aromatic N) is 1. The summed E-state index contributed by atoms with van der Waals surface area (Å²) in [6, 6.07) is -0.344. The second kappa shape index (κ2) is 5.91. The zero-order chi connectivity index (χ0) is 18.0. The summed E-state index contributed by atoms with van der Waals surface area (Å²) in [6.07, 6.45) is 7.67. The van der Waals surface area contributed by atoms with Crippen LogP contribution in [0.5, 0.6) is 0 Å². The minimum Gasteiger partial charge on any atom is -0.390 e. The number of fused-ring (bicyclic) bond motifs is 5. The lowest BCUT2D eigenvalue weighted by Gasteiger charge is -2.61.